The molecule has 1 fully saturated rings. The molecule has 0 spiro atoms. The van der Waals surface area contributed by atoms with Crippen molar-refractivity contribution < 1.29 is 31.9 Å². The van der Waals surface area contributed by atoms with Crippen LogP contribution in [0.3, 0.4) is 0 Å². The predicted molar refractivity (Wildman–Crippen MR) is 112 cm³/mol. The van der Waals surface area contributed by atoms with Crippen molar-refractivity contribution in [1.82, 2.24) is 15.1 Å². The highest BCUT2D eigenvalue weighted by Gasteiger charge is 2.37. The Bertz CT molecular complexity index is 1090. The van der Waals surface area contributed by atoms with Gasteiger partial charge in [-0.1, -0.05) is 0 Å². The van der Waals surface area contributed by atoms with Gasteiger partial charge in [0.1, 0.15) is 23.9 Å². The Morgan fingerprint density at radius 2 is 1.91 bits per heavy atom. The Kier molecular flexibility index (Phi) is 6.62. The number of nitrogens with zero attached hydrogens (tertiary/aromatic N) is 2. The second-order valence-corrected chi connectivity index (χ2v) is 7.79. The third-order valence-electron chi connectivity index (χ3n) is 5.26. The minimum Gasteiger partial charge on any atom is -0.497 e. The number of furan rings is 1. The number of alkyl halides is 3. The molecular weight excluding hydrogens is 439 g/mol. The number of nitrogens with one attached hydrogen (secondary N) is 1. The second kappa shape index (κ2) is 9.60. The summed E-state index contributed by atoms with van der Waals surface area (Å²) in [7, 11) is 1.58. The first-order chi connectivity index (χ1) is 15.8. The molecule has 1 N–H and O–H groups in total. The van der Waals surface area contributed by atoms with E-state index in [0.717, 1.165) is 24.7 Å². The van der Waals surface area contributed by atoms with E-state index < -0.39 is 17.8 Å². The molecule has 4 rings (SSSR count). The fourth-order valence-electron chi connectivity index (χ4n) is 3.38. The average molecular weight is 463 g/mol. The Labute approximate surface area is 188 Å². The summed E-state index contributed by atoms with van der Waals surface area (Å²) in [6.45, 7) is 0.730. The number of rotatable bonds is 10. The van der Waals surface area contributed by atoms with E-state index in [1.54, 1.807) is 43.5 Å². The molecule has 7 nitrogen and oxygen atoms in total. The van der Waals surface area contributed by atoms with E-state index >= 15 is 0 Å². The van der Waals surface area contributed by atoms with E-state index in [1.807, 2.05) is 0 Å². The highest BCUT2D eigenvalue weighted by atomic mass is 19.4. The van der Waals surface area contributed by atoms with Gasteiger partial charge in [-0.15, -0.1) is 0 Å². The molecule has 0 atom stereocenters. The summed E-state index contributed by atoms with van der Waals surface area (Å²) < 4.78 is 56.6. The van der Waals surface area contributed by atoms with Crippen LogP contribution in [0.2, 0.25) is 0 Å². The molecule has 0 aliphatic heterocycles. The fourth-order valence-corrected chi connectivity index (χ4v) is 3.38. The van der Waals surface area contributed by atoms with Crippen LogP contribution in [-0.4, -0.2) is 29.3 Å². The molecule has 0 unspecified atom stereocenters. The minimum absolute atomic E-state index is 0.139. The van der Waals surface area contributed by atoms with Crippen LogP contribution in [0.1, 0.15) is 52.9 Å². The number of carbonyl (C=O) groups excluding carboxylic acids is 1. The van der Waals surface area contributed by atoms with Gasteiger partial charge in [-0.3, -0.25) is 9.48 Å². The lowest BCUT2D eigenvalue weighted by molar-refractivity contribution is -0.141. The molecule has 1 saturated carbocycles. The molecule has 1 amide bonds. The number of methoxy groups -OCH3 is 1. The van der Waals surface area contributed by atoms with Crippen molar-refractivity contribution in [3.63, 3.8) is 0 Å². The number of hydrogen-bond donors (Lipinski definition) is 1. The Hall–Kier alpha value is -3.43. The number of benzene rings is 1. The van der Waals surface area contributed by atoms with Crippen molar-refractivity contribution in [2.45, 2.75) is 44.5 Å². The molecule has 3 aromatic rings. The van der Waals surface area contributed by atoms with Gasteiger partial charge in [0.2, 0.25) is 0 Å². The number of hydrogen-bond acceptors (Lipinski definition) is 5. The first-order valence-corrected chi connectivity index (χ1v) is 10.6. The summed E-state index contributed by atoms with van der Waals surface area (Å²) in [4.78, 5) is 12.3. The van der Waals surface area contributed by atoms with E-state index in [2.05, 4.69) is 10.4 Å². The lowest BCUT2D eigenvalue weighted by atomic mass is 10.2. The van der Waals surface area contributed by atoms with Crippen LogP contribution in [0.4, 0.5) is 13.2 Å². The third kappa shape index (κ3) is 5.88. The van der Waals surface area contributed by atoms with Gasteiger partial charge >= 0.3 is 6.18 Å². The van der Waals surface area contributed by atoms with E-state index in [4.69, 9.17) is 13.9 Å². The van der Waals surface area contributed by atoms with E-state index in [0.29, 0.717) is 30.2 Å². The number of ether oxygens (including phenoxy) is 2. The maximum Gasteiger partial charge on any atom is 0.435 e. The van der Waals surface area contributed by atoms with Crippen LogP contribution in [0, 0.1) is 0 Å². The highest BCUT2D eigenvalue weighted by Crippen LogP contribution is 2.42. The maximum atomic E-state index is 13.0. The van der Waals surface area contributed by atoms with E-state index in [1.165, 1.54) is 4.68 Å². The van der Waals surface area contributed by atoms with Gasteiger partial charge in [0.15, 0.2) is 11.5 Å². The van der Waals surface area contributed by atoms with E-state index in [9.17, 15) is 18.0 Å². The van der Waals surface area contributed by atoms with Crippen LogP contribution in [0.15, 0.2) is 46.9 Å². The zero-order chi connectivity index (χ0) is 23.4. The molecule has 2 heterocycles. The number of halogens is 3. The first kappa shape index (κ1) is 22.8. The second-order valence-electron chi connectivity index (χ2n) is 7.79. The quantitative estimate of drug-likeness (QED) is 0.438. The highest BCUT2D eigenvalue weighted by molar-refractivity contribution is 5.91. The van der Waals surface area contributed by atoms with Crippen molar-refractivity contribution in [2.75, 3.05) is 13.7 Å². The van der Waals surface area contributed by atoms with Gasteiger partial charge in [-0.05, 0) is 61.7 Å². The molecular formula is C23H24F3N3O4. The average Bonchev–Trinajstić information content (AvgIpc) is 3.36. The number of aromatic nitrogens is 2. The summed E-state index contributed by atoms with van der Waals surface area (Å²) in [5.74, 6) is 1.73. The van der Waals surface area contributed by atoms with E-state index in [-0.39, 0.29) is 24.8 Å². The smallest absolute Gasteiger partial charge is 0.435 e. The van der Waals surface area contributed by atoms with Gasteiger partial charge in [0, 0.05) is 24.7 Å². The maximum absolute atomic E-state index is 13.0. The Morgan fingerprint density at radius 3 is 2.58 bits per heavy atom. The van der Waals surface area contributed by atoms with Gasteiger partial charge < -0.3 is 19.2 Å². The zero-order valence-corrected chi connectivity index (χ0v) is 18.0. The molecule has 0 saturated heterocycles. The van der Waals surface area contributed by atoms with Crippen molar-refractivity contribution in [2.24, 2.45) is 0 Å². The lowest BCUT2D eigenvalue weighted by Gasteiger charge is -2.07. The zero-order valence-electron chi connectivity index (χ0n) is 18.0. The van der Waals surface area contributed by atoms with Gasteiger partial charge in [-0.25, -0.2) is 0 Å². The third-order valence-corrected chi connectivity index (χ3v) is 5.26. The van der Waals surface area contributed by atoms with Crippen molar-refractivity contribution >= 4 is 5.91 Å². The Morgan fingerprint density at radius 1 is 1.18 bits per heavy atom. The summed E-state index contributed by atoms with van der Waals surface area (Å²) >= 11 is 0. The first-order valence-electron chi connectivity index (χ1n) is 10.6. The molecule has 1 aliphatic rings. The van der Waals surface area contributed by atoms with Gasteiger partial charge in [-0.2, -0.15) is 18.3 Å². The Balaban J connectivity index is 1.23. The summed E-state index contributed by atoms with van der Waals surface area (Å²) in [5, 5.41) is 6.44. The minimum atomic E-state index is -4.46. The van der Waals surface area contributed by atoms with Crippen molar-refractivity contribution in [3.05, 3.63) is 65.4 Å². The van der Waals surface area contributed by atoms with Crippen molar-refractivity contribution in [3.8, 4) is 11.5 Å². The predicted octanol–water partition coefficient (Wildman–Crippen LogP) is 4.78. The number of amides is 1. The molecule has 176 valence electrons. The van der Waals surface area contributed by atoms with Crippen LogP contribution in [0.25, 0.3) is 0 Å². The molecule has 0 bridgehead atoms. The monoisotopic (exact) mass is 463 g/mol. The summed E-state index contributed by atoms with van der Waals surface area (Å²) in [5.41, 5.74) is -0.255. The van der Waals surface area contributed by atoms with Crippen LogP contribution >= 0.6 is 0 Å². The largest absolute Gasteiger partial charge is 0.497 e. The number of carbonyl (C=O) groups is 1. The van der Waals surface area contributed by atoms with Crippen LogP contribution in [-0.2, 0) is 19.3 Å². The lowest BCUT2D eigenvalue weighted by Crippen LogP contribution is -2.25. The number of aryl methyl sites for hydroxylation is 1. The molecule has 1 aromatic carbocycles. The normalized spacial score (nSPS) is 13.7. The fraction of sp³-hybridized carbons (Fsp3) is 0.391. The molecule has 10 heteroatoms. The molecule has 1 aliphatic carbocycles. The summed E-state index contributed by atoms with van der Waals surface area (Å²) in [6, 6.07) is 11.4. The summed E-state index contributed by atoms with van der Waals surface area (Å²) in [6.07, 6.45) is -2.26. The van der Waals surface area contributed by atoms with Gasteiger partial charge in [0.05, 0.1) is 7.11 Å². The van der Waals surface area contributed by atoms with Crippen molar-refractivity contribution in [1.29, 1.82) is 0 Å². The molecule has 0 radical (unpaired) electrons. The molecule has 2 aromatic heterocycles. The van der Waals surface area contributed by atoms with Crippen LogP contribution in [0.5, 0.6) is 11.5 Å². The SMILES string of the molecule is COc1ccc(OCc2ccc(C(=O)NCCCn3nc(C(F)(F)F)cc3C3CC3)o2)cc1. The van der Waals surface area contributed by atoms with Gasteiger partial charge in [0.25, 0.3) is 5.91 Å². The molecule has 33 heavy (non-hydrogen) atoms. The van der Waals surface area contributed by atoms with Crippen LogP contribution < -0.4 is 14.8 Å². The topological polar surface area (TPSA) is 78.5 Å². The standard InChI is InChI=1S/C23H24F3N3O4/c1-31-16-5-7-17(8-6-16)32-14-18-9-10-20(33-18)22(30)27-11-2-12-29-19(15-3-4-15)13-21(28-29)23(24,25)26/h5-10,13,15H,2-4,11-12,14H2,1H3,(H,27,30).